The second kappa shape index (κ2) is 6.94. The number of nitrogens with one attached hydrogen (secondary N) is 1. The van der Waals surface area contributed by atoms with Gasteiger partial charge in [-0.05, 0) is 12.1 Å². The van der Waals surface area contributed by atoms with Gasteiger partial charge in [-0.1, -0.05) is 25.2 Å². The van der Waals surface area contributed by atoms with Crippen LogP contribution in [0.1, 0.15) is 18.9 Å². The van der Waals surface area contributed by atoms with Gasteiger partial charge in [0.2, 0.25) is 11.0 Å². The fourth-order valence-electron chi connectivity index (χ4n) is 1.42. The molecule has 0 aliphatic carbocycles. The van der Waals surface area contributed by atoms with Gasteiger partial charge in [-0.15, -0.1) is 10.2 Å². The monoisotopic (exact) mass is 322 g/mol. The molecule has 1 aromatic heterocycles. The van der Waals surface area contributed by atoms with Gasteiger partial charge >= 0.3 is 0 Å². The number of carbonyl (C=O) groups excluding carboxylic acids is 1. The summed E-state index contributed by atoms with van der Waals surface area (Å²) in [5, 5.41) is 22.0. The maximum absolute atomic E-state index is 11.5. The number of nitrogens with zero attached hydrogens (tertiary/aromatic N) is 3. The van der Waals surface area contributed by atoms with Crippen molar-refractivity contribution in [2.75, 3.05) is 5.32 Å². The Morgan fingerprint density at radius 3 is 2.64 bits per heavy atom. The summed E-state index contributed by atoms with van der Waals surface area (Å²) in [6, 6.07) is 5.76. The highest BCUT2D eigenvalue weighted by Gasteiger charge is 2.11. The zero-order chi connectivity index (χ0) is 16.1. The SMILES string of the molecule is CC(C)C(=O)Nc1nnc(COc2ccc([N+](=O)[O-])cc2)s1. The quantitative estimate of drug-likeness (QED) is 0.647. The molecule has 0 fully saturated rings. The Labute approximate surface area is 130 Å². The summed E-state index contributed by atoms with van der Waals surface area (Å²) in [4.78, 5) is 21.6. The molecular formula is C13H14N4O4S. The number of carbonyl (C=O) groups is 1. The smallest absolute Gasteiger partial charge is 0.269 e. The van der Waals surface area contributed by atoms with Crippen molar-refractivity contribution in [2.24, 2.45) is 5.92 Å². The lowest BCUT2D eigenvalue weighted by molar-refractivity contribution is -0.384. The van der Waals surface area contributed by atoms with E-state index in [4.69, 9.17) is 4.74 Å². The molecule has 0 spiro atoms. The molecule has 2 aromatic rings. The molecule has 0 radical (unpaired) electrons. The van der Waals surface area contributed by atoms with Crippen LogP contribution in [-0.2, 0) is 11.4 Å². The molecule has 0 aliphatic heterocycles. The van der Waals surface area contributed by atoms with E-state index in [-0.39, 0.29) is 24.1 Å². The van der Waals surface area contributed by atoms with Crippen molar-refractivity contribution in [3.63, 3.8) is 0 Å². The van der Waals surface area contributed by atoms with E-state index in [1.54, 1.807) is 13.8 Å². The Morgan fingerprint density at radius 1 is 1.36 bits per heavy atom. The Kier molecular flexibility index (Phi) is 4.99. The first kappa shape index (κ1) is 15.8. The average molecular weight is 322 g/mol. The maximum atomic E-state index is 11.5. The maximum Gasteiger partial charge on any atom is 0.269 e. The lowest BCUT2D eigenvalue weighted by atomic mass is 10.2. The van der Waals surface area contributed by atoms with Gasteiger partial charge in [0, 0.05) is 18.1 Å². The molecule has 2 rings (SSSR count). The molecule has 1 amide bonds. The molecule has 116 valence electrons. The van der Waals surface area contributed by atoms with Crippen molar-refractivity contribution in [3.05, 3.63) is 39.4 Å². The van der Waals surface area contributed by atoms with Gasteiger partial charge in [0.25, 0.3) is 5.69 Å². The fourth-order valence-corrected chi connectivity index (χ4v) is 2.08. The van der Waals surface area contributed by atoms with Crippen LogP contribution in [0.3, 0.4) is 0 Å². The predicted molar refractivity (Wildman–Crippen MR) is 80.8 cm³/mol. The van der Waals surface area contributed by atoms with Crippen LogP contribution in [0, 0.1) is 16.0 Å². The Hall–Kier alpha value is -2.55. The van der Waals surface area contributed by atoms with Crippen LogP contribution in [-0.4, -0.2) is 21.0 Å². The minimum Gasteiger partial charge on any atom is -0.486 e. The summed E-state index contributed by atoms with van der Waals surface area (Å²) >= 11 is 1.22. The molecule has 1 heterocycles. The van der Waals surface area contributed by atoms with E-state index in [2.05, 4.69) is 15.5 Å². The number of rotatable bonds is 6. The third kappa shape index (κ3) is 4.22. The van der Waals surface area contributed by atoms with Gasteiger partial charge in [-0.3, -0.25) is 14.9 Å². The third-order valence-corrected chi connectivity index (χ3v) is 3.44. The number of amides is 1. The molecule has 0 atom stereocenters. The summed E-state index contributed by atoms with van der Waals surface area (Å²) in [6.45, 7) is 3.75. The van der Waals surface area contributed by atoms with Gasteiger partial charge in [0.15, 0.2) is 5.01 Å². The van der Waals surface area contributed by atoms with E-state index in [0.29, 0.717) is 15.9 Å². The second-order valence-electron chi connectivity index (χ2n) is 4.68. The first-order chi connectivity index (χ1) is 10.5. The first-order valence-corrected chi connectivity index (χ1v) is 7.28. The minimum atomic E-state index is -0.474. The number of aromatic nitrogens is 2. The highest BCUT2D eigenvalue weighted by molar-refractivity contribution is 7.15. The molecule has 8 nitrogen and oxygen atoms in total. The summed E-state index contributed by atoms with van der Waals surface area (Å²) in [6.07, 6.45) is 0. The molecule has 0 aliphatic rings. The van der Waals surface area contributed by atoms with Crippen LogP contribution in [0.2, 0.25) is 0 Å². The molecule has 0 saturated heterocycles. The number of hydrogen-bond acceptors (Lipinski definition) is 7. The Bertz CT molecular complexity index is 669. The molecule has 0 unspecified atom stereocenters. The van der Waals surface area contributed by atoms with E-state index < -0.39 is 4.92 Å². The Morgan fingerprint density at radius 2 is 2.05 bits per heavy atom. The van der Waals surface area contributed by atoms with Crippen molar-refractivity contribution in [1.29, 1.82) is 0 Å². The molecular weight excluding hydrogens is 308 g/mol. The average Bonchev–Trinajstić information content (AvgIpc) is 2.93. The molecule has 9 heteroatoms. The van der Waals surface area contributed by atoms with Gasteiger partial charge in [-0.2, -0.15) is 0 Å². The fraction of sp³-hybridized carbons (Fsp3) is 0.308. The zero-order valence-electron chi connectivity index (χ0n) is 12.0. The summed E-state index contributed by atoms with van der Waals surface area (Å²) < 4.78 is 5.47. The normalized spacial score (nSPS) is 10.5. The molecule has 22 heavy (non-hydrogen) atoms. The number of anilines is 1. The van der Waals surface area contributed by atoms with Crippen LogP contribution in [0.25, 0.3) is 0 Å². The summed E-state index contributed by atoms with van der Waals surface area (Å²) in [5.41, 5.74) is 0.00180. The van der Waals surface area contributed by atoms with E-state index in [1.807, 2.05) is 0 Å². The first-order valence-electron chi connectivity index (χ1n) is 6.46. The van der Waals surface area contributed by atoms with Crippen molar-refractivity contribution < 1.29 is 14.5 Å². The highest BCUT2D eigenvalue weighted by Crippen LogP contribution is 2.21. The topological polar surface area (TPSA) is 107 Å². The predicted octanol–water partition coefficient (Wildman–Crippen LogP) is 2.62. The van der Waals surface area contributed by atoms with Crippen LogP contribution >= 0.6 is 11.3 Å². The van der Waals surface area contributed by atoms with E-state index in [1.165, 1.54) is 35.6 Å². The number of nitro benzene ring substituents is 1. The van der Waals surface area contributed by atoms with Crippen LogP contribution in [0.15, 0.2) is 24.3 Å². The van der Waals surface area contributed by atoms with Gasteiger partial charge in [0.05, 0.1) is 4.92 Å². The van der Waals surface area contributed by atoms with Crippen LogP contribution in [0.4, 0.5) is 10.8 Å². The van der Waals surface area contributed by atoms with Gasteiger partial charge in [-0.25, -0.2) is 0 Å². The molecule has 1 aromatic carbocycles. The number of ether oxygens (including phenoxy) is 1. The minimum absolute atomic E-state index is 0.00180. The van der Waals surface area contributed by atoms with E-state index >= 15 is 0 Å². The molecule has 0 bridgehead atoms. The van der Waals surface area contributed by atoms with Crippen LogP contribution < -0.4 is 10.1 Å². The molecule has 0 saturated carbocycles. The number of nitro groups is 1. The number of non-ortho nitro benzene ring substituents is 1. The lowest BCUT2D eigenvalue weighted by Crippen LogP contribution is -2.17. The Balaban J connectivity index is 1.90. The number of hydrogen-bond donors (Lipinski definition) is 1. The zero-order valence-corrected chi connectivity index (χ0v) is 12.8. The van der Waals surface area contributed by atoms with Crippen molar-refractivity contribution in [3.8, 4) is 5.75 Å². The van der Waals surface area contributed by atoms with Crippen molar-refractivity contribution in [1.82, 2.24) is 10.2 Å². The van der Waals surface area contributed by atoms with Gasteiger partial charge < -0.3 is 10.1 Å². The summed E-state index contributed by atoms with van der Waals surface area (Å²) in [5.74, 6) is 0.233. The van der Waals surface area contributed by atoms with Crippen molar-refractivity contribution in [2.45, 2.75) is 20.5 Å². The third-order valence-electron chi connectivity index (χ3n) is 2.63. The molecule has 1 N–H and O–H groups in total. The standard InChI is InChI=1S/C13H14N4O4S/c1-8(2)12(18)14-13-16-15-11(22-13)7-21-10-5-3-9(4-6-10)17(19)20/h3-6,8H,7H2,1-2H3,(H,14,16,18). The van der Waals surface area contributed by atoms with E-state index in [9.17, 15) is 14.9 Å². The van der Waals surface area contributed by atoms with Crippen molar-refractivity contribution >= 4 is 28.1 Å². The second-order valence-corrected chi connectivity index (χ2v) is 5.75. The highest BCUT2D eigenvalue weighted by atomic mass is 32.1. The van der Waals surface area contributed by atoms with E-state index in [0.717, 1.165) is 0 Å². The summed E-state index contributed by atoms with van der Waals surface area (Å²) in [7, 11) is 0. The largest absolute Gasteiger partial charge is 0.486 e. The van der Waals surface area contributed by atoms with Crippen LogP contribution in [0.5, 0.6) is 5.75 Å². The number of benzene rings is 1. The van der Waals surface area contributed by atoms with Gasteiger partial charge in [0.1, 0.15) is 12.4 Å². The lowest BCUT2D eigenvalue weighted by Gasteiger charge is -2.03.